The highest BCUT2D eigenvalue weighted by molar-refractivity contribution is 5.98. The SMILES string of the molecule is Cc1cccc(CNC(=O)c2cc3cnn(C(C)C)c3nc2C)n1. The molecule has 0 aliphatic carbocycles. The van der Waals surface area contributed by atoms with Crippen LogP contribution < -0.4 is 5.32 Å². The second-order valence-corrected chi connectivity index (χ2v) is 6.17. The van der Waals surface area contributed by atoms with Crippen molar-refractivity contribution in [2.75, 3.05) is 0 Å². The predicted octanol–water partition coefficient (Wildman–Crippen LogP) is 2.95. The molecule has 1 amide bonds. The van der Waals surface area contributed by atoms with E-state index in [-0.39, 0.29) is 11.9 Å². The van der Waals surface area contributed by atoms with Crippen molar-refractivity contribution in [1.82, 2.24) is 25.1 Å². The third-order valence-electron chi connectivity index (χ3n) is 3.87. The van der Waals surface area contributed by atoms with E-state index in [2.05, 4.69) is 34.2 Å². The molecule has 3 heterocycles. The largest absolute Gasteiger partial charge is 0.346 e. The number of aryl methyl sites for hydroxylation is 2. The van der Waals surface area contributed by atoms with E-state index in [9.17, 15) is 4.79 Å². The fourth-order valence-corrected chi connectivity index (χ4v) is 2.64. The van der Waals surface area contributed by atoms with Gasteiger partial charge >= 0.3 is 0 Å². The summed E-state index contributed by atoms with van der Waals surface area (Å²) in [4.78, 5) is 21.5. The van der Waals surface area contributed by atoms with Gasteiger partial charge in [-0.05, 0) is 45.9 Å². The van der Waals surface area contributed by atoms with Crippen LogP contribution in [-0.4, -0.2) is 25.7 Å². The molecule has 3 aromatic rings. The quantitative estimate of drug-likeness (QED) is 0.801. The second-order valence-electron chi connectivity index (χ2n) is 6.17. The molecule has 0 aliphatic rings. The summed E-state index contributed by atoms with van der Waals surface area (Å²) in [5.41, 5.74) is 3.84. The van der Waals surface area contributed by atoms with Crippen LogP contribution in [-0.2, 0) is 6.54 Å². The summed E-state index contributed by atoms with van der Waals surface area (Å²) >= 11 is 0. The summed E-state index contributed by atoms with van der Waals surface area (Å²) in [6.07, 6.45) is 1.75. The molecule has 3 aromatic heterocycles. The Hall–Kier alpha value is -2.76. The van der Waals surface area contributed by atoms with E-state index >= 15 is 0 Å². The molecule has 3 rings (SSSR count). The number of carbonyl (C=O) groups excluding carboxylic acids is 1. The number of fused-ring (bicyclic) bond motifs is 1. The van der Waals surface area contributed by atoms with Gasteiger partial charge in [0.15, 0.2) is 5.65 Å². The number of nitrogens with zero attached hydrogens (tertiary/aromatic N) is 4. The topological polar surface area (TPSA) is 72.7 Å². The van der Waals surface area contributed by atoms with Crippen LogP contribution in [0.1, 0.15) is 47.3 Å². The van der Waals surface area contributed by atoms with Crippen LogP contribution >= 0.6 is 0 Å². The highest BCUT2D eigenvalue weighted by Gasteiger charge is 2.15. The van der Waals surface area contributed by atoms with Gasteiger partial charge in [-0.2, -0.15) is 5.10 Å². The van der Waals surface area contributed by atoms with Crippen molar-refractivity contribution in [3.63, 3.8) is 0 Å². The van der Waals surface area contributed by atoms with Crippen molar-refractivity contribution in [3.8, 4) is 0 Å². The fourth-order valence-electron chi connectivity index (χ4n) is 2.64. The molecule has 0 bridgehead atoms. The first-order valence-electron chi connectivity index (χ1n) is 8.01. The molecule has 0 saturated carbocycles. The average molecular weight is 323 g/mol. The molecular formula is C18H21N5O. The van der Waals surface area contributed by atoms with Gasteiger partial charge in [-0.25, -0.2) is 9.67 Å². The lowest BCUT2D eigenvalue weighted by Gasteiger charge is -2.10. The van der Waals surface area contributed by atoms with E-state index in [4.69, 9.17) is 0 Å². The summed E-state index contributed by atoms with van der Waals surface area (Å²) in [6, 6.07) is 7.83. The lowest BCUT2D eigenvalue weighted by Crippen LogP contribution is -2.24. The number of aromatic nitrogens is 4. The lowest BCUT2D eigenvalue weighted by atomic mass is 10.1. The van der Waals surface area contributed by atoms with Crippen LogP contribution in [0.3, 0.4) is 0 Å². The molecule has 0 aromatic carbocycles. The van der Waals surface area contributed by atoms with Crippen LogP contribution in [0.15, 0.2) is 30.5 Å². The molecule has 0 radical (unpaired) electrons. The zero-order valence-corrected chi connectivity index (χ0v) is 14.4. The Labute approximate surface area is 140 Å². The summed E-state index contributed by atoms with van der Waals surface area (Å²) < 4.78 is 1.86. The van der Waals surface area contributed by atoms with E-state index in [1.807, 2.05) is 42.8 Å². The van der Waals surface area contributed by atoms with Gasteiger partial charge in [0.25, 0.3) is 5.91 Å². The molecule has 6 nitrogen and oxygen atoms in total. The number of hydrogen-bond acceptors (Lipinski definition) is 4. The van der Waals surface area contributed by atoms with Crippen molar-refractivity contribution in [1.29, 1.82) is 0 Å². The molecular weight excluding hydrogens is 302 g/mol. The number of rotatable bonds is 4. The zero-order chi connectivity index (χ0) is 17.3. The number of amides is 1. The van der Waals surface area contributed by atoms with Crippen LogP contribution in [0.2, 0.25) is 0 Å². The third-order valence-corrected chi connectivity index (χ3v) is 3.87. The van der Waals surface area contributed by atoms with Crippen LogP contribution in [0.4, 0.5) is 0 Å². The Balaban J connectivity index is 1.83. The van der Waals surface area contributed by atoms with Crippen LogP contribution in [0.5, 0.6) is 0 Å². The van der Waals surface area contributed by atoms with Gasteiger partial charge in [-0.15, -0.1) is 0 Å². The van der Waals surface area contributed by atoms with Crippen molar-refractivity contribution in [3.05, 3.63) is 53.1 Å². The molecule has 0 atom stereocenters. The molecule has 0 saturated heterocycles. The fraction of sp³-hybridized carbons (Fsp3) is 0.333. The number of nitrogens with one attached hydrogen (secondary N) is 1. The molecule has 0 unspecified atom stereocenters. The van der Waals surface area contributed by atoms with Gasteiger partial charge in [-0.1, -0.05) is 6.07 Å². The van der Waals surface area contributed by atoms with Crippen LogP contribution in [0, 0.1) is 13.8 Å². The molecule has 0 aliphatic heterocycles. The lowest BCUT2D eigenvalue weighted by molar-refractivity contribution is 0.0949. The maximum Gasteiger partial charge on any atom is 0.253 e. The Bertz CT molecular complexity index is 898. The maximum atomic E-state index is 12.5. The van der Waals surface area contributed by atoms with E-state index in [1.165, 1.54) is 0 Å². The molecule has 1 N–H and O–H groups in total. The first kappa shape index (κ1) is 16.1. The van der Waals surface area contributed by atoms with E-state index < -0.39 is 0 Å². The number of carbonyl (C=O) groups is 1. The average Bonchev–Trinajstić information content (AvgIpc) is 2.94. The van der Waals surface area contributed by atoms with Crippen molar-refractivity contribution < 1.29 is 4.79 Å². The number of hydrogen-bond donors (Lipinski definition) is 1. The predicted molar refractivity (Wildman–Crippen MR) is 92.8 cm³/mol. The molecule has 24 heavy (non-hydrogen) atoms. The monoisotopic (exact) mass is 323 g/mol. The Morgan fingerprint density at radius 3 is 2.75 bits per heavy atom. The van der Waals surface area contributed by atoms with Gasteiger partial charge in [0, 0.05) is 17.1 Å². The third kappa shape index (κ3) is 3.13. The van der Waals surface area contributed by atoms with Gasteiger partial charge in [0.2, 0.25) is 0 Å². The highest BCUT2D eigenvalue weighted by Crippen LogP contribution is 2.19. The minimum atomic E-state index is -0.150. The Morgan fingerprint density at radius 2 is 2.04 bits per heavy atom. The molecule has 0 fully saturated rings. The maximum absolute atomic E-state index is 12.5. The van der Waals surface area contributed by atoms with Crippen molar-refractivity contribution in [2.24, 2.45) is 0 Å². The number of pyridine rings is 2. The normalized spacial score (nSPS) is 11.2. The second kappa shape index (κ2) is 6.39. The Kier molecular flexibility index (Phi) is 4.29. The molecule has 6 heteroatoms. The van der Waals surface area contributed by atoms with Gasteiger partial charge in [-0.3, -0.25) is 9.78 Å². The summed E-state index contributed by atoms with van der Waals surface area (Å²) in [6.45, 7) is 8.28. The Morgan fingerprint density at radius 1 is 1.25 bits per heavy atom. The minimum Gasteiger partial charge on any atom is -0.346 e. The van der Waals surface area contributed by atoms with Gasteiger partial charge < -0.3 is 5.32 Å². The zero-order valence-electron chi connectivity index (χ0n) is 14.4. The highest BCUT2D eigenvalue weighted by atomic mass is 16.1. The van der Waals surface area contributed by atoms with E-state index in [1.54, 1.807) is 6.20 Å². The molecule has 0 spiro atoms. The standard InChI is InChI=1S/C18H21N5O/c1-11(2)23-17-14(9-20-23)8-16(13(4)22-17)18(24)19-10-15-7-5-6-12(3)21-15/h5-9,11H,10H2,1-4H3,(H,19,24). The van der Waals surface area contributed by atoms with Gasteiger partial charge in [0.05, 0.1) is 29.7 Å². The smallest absolute Gasteiger partial charge is 0.253 e. The summed E-state index contributed by atoms with van der Waals surface area (Å²) in [5.74, 6) is -0.150. The minimum absolute atomic E-state index is 0.150. The van der Waals surface area contributed by atoms with Crippen molar-refractivity contribution >= 4 is 16.9 Å². The van der Waals surface area contributed by atoms with Crippen LogP contribution in [0.25, 0.3) is 11.0 Å². The summed E-state index contributed by atoms with van der Waals surface area (Å²) in [5, 5.41) is 8.13. The molecule has 124 valence electrons. The van der Waals surface area contributed by atoms with E-state index in [0.717, 1.165) is 22.4 Å². The summed E-state index contributed by atoms with van der Waals surface area (Å²) in [7, 11) is 0. The first-order chi connectivity index (χ1) is 11.5. The van der Waals surface area contributed by atoms with Gasteiger partial charge in [0.1, 0.15) is 0 Å². The van der Waals surface area contributed by atoms with Crippen molar-refractivity contribution in [2.45, 2.75) is 40.3 Å². The first-order valence-corrected chi connectivity index (χ1v) is 8.01. The van der Waals surface area contributed by atoms with E-state index in [0.29, 0.717) is 17.8 Å².